The Hall–Kier alpha value is -3.42. The molecular weight excluding hydrogens is 448 g/mol. The summed E-state index contributed by atoms with van der Waals surface area (Å²) in [4.78, 5) is 32.5. The molecule has 0 fully saturated rings. The van der Waals surface area contributed by atoms with Crippen molar-refractivity contribution in [1.29, 1.82) is 0 Å². The number of ketones is 1. The molecule has 0 bridgehead atoms. The van der Waals surface area contributed by atoms with Gasteiger partial charge in [-0.15, -0.1) is 0 Å². The number of Topliss-reactive ketones (excluding diaryl/α,β-unsaturated/α-hetero) is 1. The molecule has 1 atom stereocenters. The molecule has 1 amide bonds. The average molecular weight is 465 g/mol. The summed E-state index contributed by atoms with van der Waals surface area (Å²) in [5.41, 5.74) is 3.35. The molecule has 2 aromatic heterocycles. The first-order chi connectivity index (χ1) is 15.3. The molecule has 1 aliphatic rings. The van der Waals surface area contributed by atoms with E-state index in [0.717, 1.165) is 21.3 Å². The van der Waals surface area contributed by atoms with Crippen molar-refractivity contribution in [3.8, 4) is 0 Å². The molecule has 0 saturated carbocycles. The van der Waals surface area contributed by atoms with Gasteiger partial charge in [-0.1, -0.05) is 41.1 Å². The number of furan rings is 1. The van der Waals surface area contributed by atoms with Crippen molar-refractivity contribution in [2.75, 3.05) is 4.90 Å². The van der Waals surface area contributed by atoms with Crippen LogP contribution in [0.25, 0.3) is 10.2 Å². The van der Waals surface area contributed by atoms with Crippen molar-refractivity contribution in [1.82, 2.24) is 4.98 Å². The van der Waals surface area contributed by atoms with Crippen molar-refractivity contribution in [3.05, 3.63) is 93.6 Å². The van der Waals surface area contributed by atoms with E-state index < -0.39 is 23.5 Å². The van der Waals surface area contributed by atoms with Crippen molar-refractivity contribution < 1.29 is 19.1 Å². The number of amides is 1. The normalized spacial score (nSPS) is 16.4. The van der Waals surface area contributed by atoms with Crippen LogP contribution >= 0.6 is 22.9 Å². The monoisotopic (exact) mass is 464 g/mol. The number of carbonyl (C=O) groups is 2. The van der Waals surface area contributed by atoms with Gasteiger partial charge in [-0.3, -0.25) is 14.5 Å². The molecule has 2 aromatic carbocycles. The average Bonchev–Trinajstić information content (AvgIpc) is 3.47. The number of thiazole rings is 1. The summed E-state index contributed by atoms with van der Waals surface area (Å²) in [6.07, 6.45) is 1.37. The van der Waals surface area contributed by atoms with Crippen LogP contribution in [0.15, 0.2) is 70.5 Å². The Morgan fingerprint density at radius 2 is 2.00 bits per heavy atom. The molecule has 8 heteroatoms. The maximum atomic E-state index is 13.3. The van der Waals surface area contributed by atoms with Gasteiger partial charge in [0.25, 0.3) is 5.91 Å². The predicted molar refractivity (Wildman–Crippen MR) is 123 cm³/mol. The summed E-state index contributed by atoms with van der Waals surface area (Å²) < 4.78 is 6.17. The van der Waals surface area contributed by atoms with E-state index in [1.807, 2.05) is 26.0 Å². The van der Waals surface area contributed by atoms with E-state index in [4.69, 9.17) is 21.0 Å². The largest absolute Gasteiger partial charge is 0.503 e. The van der Waals surface area contributed by atoms with Crippen LogP contribution in [0.3, 0.4) is 0 Å². The van der Waals surface area contributed by atoms with Gasteiger partial charge in [0.1, 0.15) is 0 Å². The summed E-state index contributed by atoms with van der Waals surface area (Å²) in [6, 6.07) is 13.1. The number of aromatic nitrogens is 1. The zero-order chi connectivity index (χ0) is 22.6. The number of fused-ring (bicyclic) bond motifs is 1. The Labute approximate surface area is 192 Å². The van der Waals surface area contributed by atoms with E-state index in [2.05, 4.69) is 0 Å². The first kappa shape index (κ1) is 20.5. The Balaban J connectivity index is 1.71. The van der Waals surface area contributed by atoms with Gasteiger partial charge in [-0.25, -0.2) is 4.98 Å². The zero-order valence-corrected chi connectivity index (χ0v) is 18.7. The minimum absolute atomic E-state index is 0.0315. The van der Waals surface area contributed by atoms with Crippen LogP contribution in [0.5, 0.6) is 0 Å². The number of benzene rings is 2. The molecule has 0 spiro atoms. The number of aliphatic hydroxyl groups is 1. The molecule has 160 valence electrons. The van der Waals surface area contributed by atoms with Crippen LogP contribution in [0, 0.1) is 13.8 Å². The third-order valence-electron chi connectivity index (χ3n) is 5.39. The van der Waals surface area contributed by atoms with E-state index >= 15 is 0 Å². The van der Waals surface area contributed by atoms with Crippen LogP contribution in [-0.2, 0) is 4.79 Å². The highest BCUT2D eigenvalue weighted by Gasteiger charge is 2.46. The molecule has 32 heavy (non-hydrogen) atoms. The highest BCUT2D eigenvalue weighted by molar-refractivity contribution is 7.22. The quantitative estimate of drug-likeness (QED) is 0.378. The topological polar surface area (TPSA) is 83.6 Å². The first-order valence-corrected chi connectivity index (χ1v) is 11.0. The number of hydrogen-bond donors (Lipinski definition) is 1. The lowest BCUT2D eigenvalue weighted by atomic mass is 9.95. The van der Waals surface area contributed by atoms with E-state index in [1.54, 1.807) is 30.3 Å². The number of nitrogens with zero attached hydrogens (tertiary/aromatic N) is 2. The van der Waals surface area contributed by atoms with Crippen LogP contribution in [0.2, 0.25) is 5.02 Å². The minimum atomic E-state index is -0.902. The van der Waals surface area contributed by atoms with Gasteiger partial charge in [-0.05, 0) is 60.9 Å². The molecule has 0 saturated heterocycles. The fourth-order valence-electron chi connectivity index (χ4n) is 4.03. The molecule has 0 radical (unpaired) electrons. The number of anilines is 1. The van der Waals surface area contributed by atoms with Crippen molar-refractivity contribution in [2.45, 2.75) is 19.9 Å². The fraction of sp³-hybridized carbons (Fsp3) is 0.125. The van der Waals surface area contributed by atoms with Gasteiger partial charge in [0.2, 0.25) is 5.78 Å². The van der Waals surface area contributed by atoms with Gasteiger partial charge in [-0.2, -0.15) is 0 Å². The first-order valence-electron chi connectivity index (χ1n) is 9.83. The summed E-state index contributed by atoms with van der Waals surface area (Å²) in [5, 5.41) is 11.6. The molecule has 3 heterocycles. The fourth-order valence-corrected chi connectivity index (χ4v) is 5.40. The van der Waals surface area contributed by atoms with E-state index in [0.29, 0.717) is 15.7 Å². The van der Waals surface area contributed by atoms with Crippen LogP contribution in [0.4, 0.5) is 5.13 Å². The van der Waals surface area contributed by atoms with Gasteiger partial charge < -0.3 is 9.52 Å². The second-order valence-electron chi connectivity index (χ2n) is 7.63. The lowest BCUT2D eigenvalue weighted by Crippen LogP contribution is -2.31. The Bertz CT molecular complexity index is 1420. The second-order valence-corrected chi connectivity index (χ2v) is 9.07. The summed E-state index contributed by atoms with van der Waals surface area (Å²) in [5.74, 6) is -1.85. The van der Waals surface area contributed by atoms with E-state index in [1.165, 1.54) is 28.6 Å². The third-order valence-corrected chi connectivity index (χ3v) is 6.62. The van der Waals surface area contributed by atoms with Gasteiger partial charge in [0.15, 0.2) is 16.7 Å². The lowest BCUT2D eigenvalue weighted by molar-refractivity contribution is -0.117. The molecule has 6 nitrogen and oxygen atoms in total. The highest BCUT2D eigenvalue weighted by Crippen LogP contribution is 2.45. The van der Waals surface area contributed by atoms with Crippen LogP contribution in [-0.4, -0.2) is 21.8 Å². The number of hydrogen-bond acceptors (Lipinski definition) is 6. The highest BCUT2D eigenvalue weighted by atomic mass is 35.5. The molecule has 1 N–H and O–H groups in total. The van der Waals surface area contributed by atoms with Crippen molar-refractivity contribution in [2.24, 2.45) is 0 Å². The zero-order valence-electron chi connectivity index (χ0n) is 17.1. The Morgan fingerprint density at radius 1 is 1.19 bits per heavy atom. The molecular formula is C24H17ClN2O4S. The smallest absolute Gasteiger partial charge is 0.296 e. The van der Waals surface area contributed by atoms with Crippen molar-refractivity contribution >= 4 is 50.0 Å². The molecule has 0 aliphatic carbocycles. The Morgan fingerprint density at radius 3 is 2.72 bits per heavy atom. The molecule has 5 rings (SSSR count). The maximum Gasteiger partial charge on any atom is 0.296 e. The van der Waals surface area contributed by atoms with E-state index in [9.17, 15) is 14.7 Å². The molecule has 4 aromatic rings. The SMILES string of the molecule is Cc1cc(C)c2nc(N3C(=O)C(O)=C(C(=O)c4ccco4)[C@@H]3c3cccc(Cl)c3)sc2c1. The van der Waals surface area contributed by atoms with Crippen LogP contribution in [0.1, 0.15) is 33.3 Å². The lowest BCUT2D eigenvalue weighted by Gasteiger charge is -2.24. The van der Waals surface area contributed by atoms with Crippen molar-refractivity contribution in [3.63, 3.8) is 0 Å². The number of carbonyl (C=O) groups excluding carboxylic acids is 2. The number of aliphatic hydroxyl groups excluding tert-OH is 1. The minimum Gasteiger partial charge on any atom is -0.503 e. The summed E-state index contributed by atoms with van der Waals surface area (Å²) in [7, 11) is 0. The van der Waals surface area contributed by atoms with Gasteiger partial charge in [0, 0.05) is 5.02 Å². The Kier molecular flexibility index (Phi) is 4.87. The van der Waals surface area contributed by atoms with E-state index in [-0.39, 0.29) is 11.3 Å². The number of aryl methyl sites for hydroxylation is 2. The summed E-state index contributed by atoms with van der Waals surface area (Å²) in [6.45, 7) is 3.95. The van der Waals surface area contributed by atoms with Gasteiger partial charge >= 0.3 is 0 Å². The number of rotatable bonds is 4. The molecule has 1 aliphatic heterocycles. The number of halogens is 1. The maximum absolute atomic E-state index is 13.3. The second kappa shape index (κ2) is 7.62. The third kappa shape index (κ3) is 3.21. The van der Waals surface area contributed by atoms with Gasteiger partial charge in [0.05, 0.1) is 28.1 Å². The standard InChI is InChI=1S/C24H17ClN2O4S/c1-12-9-13(2)19-17(10-12)32-24(26-19)27-20(14-5-3-6-15(25)11-14)18(22(29)23(27)30)21(28)16-7-4-8-31-16/h3-11,20,29H,1-2H3/t20-/m0/s1. The summed E-state index contributed by atoms with van der Waals surface area (Å²) >= 11 is 7.55. The van der Waals surface area contributed by atoms with Crippen LogP contribution < -0.4 is 4.90 Å². The molecule has 0 unspecified atom stereocenters. The predicted octanol–water partition coefficient (Wildman–Crippen LogP) is 5.94.